The predicted molar refractivity (Wildman–Crippen MR) is 70.4 cm³/mol. The number of hydrogen-bond acceptors (Lipinski definition) is 3. The minimum Gasteiger partial charge on any atom is -0.508 e. The molecule has 8 heteroatoms. The van der Waals surface area contributed by atoms with E-state index in [4.69, 9.17) is 0 Å². The maximum absolute atomic E-state index is 12.8. The van der Waals surface area contributed by atoms with Crippen LogP contribution in [0.2, 0.25) is 0 Å². The van der Waals surface area contributed by atoms with Crippen molar-refractivity contribution in [3.8, 4) is 5.75 Å². The highest BCUT2D eigenvalue weighted by molar-refractivity contribution is 7.92. The van der Waals surface area contributed by atoms with Crippen LogP contribution in [0, 0.1) is 0 Å². The monoisotopic (exact) mass is 317 g/mol. The summed E-state index contributed by atoms with van der Waals surface area (Å²) in [5.41, 5.74) is -1.29. The molecule has 0 heterocycles. The summed E-state index contributed by atoms with van der Waals surface area (Å²) in [6.45, 7) is 0. The van der Waals surface area contributed by atoms with Crippen molar-refractivity contribution in [3.63, 3.8) is 0 Å². The Hall–Kier alpha value is -2.22. The van der Waals surface area contributed by atoms with Gasteiger partial charge in [-0.15, -0.1) is 0 Å². The van der Waals surface area contributed by atoms with E-state index in [1.807, 2.05) is 4.72 Å². The van der Waals surface area contributed by atoms with Crippen molar-refractivity contribution in [1.29, 1.82) is 0 Å². The molecule has 112 valence electrons. The number of sulfonamides is 1. The number of phenolic OH excluding ortho intramolecular Hbond substituents is 1. The van der Waals surface area contributed by atoms with Gasteiger partial charge in [-0.25, -0.2) is 8.42 Å². The van der Waals surface area contributed by atoms with Gasteiger partial charge < -0.3 is 5.11 Å². The number of rotatable bonds is 3. The molecule has 21 heavy (non-hydrogen) atoms. The Morgan fingerprint density at radius 1 is 1.00 bits per heavy atom. The fraction of sp³-hybridized carbons (Fsp3) is 0.0769. The van der Waals surface area contributed by atoms with Crippen LogP contribution in [0.5, 0.6) is 5.75 Å². The van der Waals surface area contributed by atoms with Gasteiger partial charge in [0.05, 0.1) is 16.1 Å². The van der Waals surface area contributed by atoms with Gasteiger partial charge in [0.25, 0.3) is 10.0 Å². The van der Waals surface area contributed by atoms with Gasteiger partial charge in [-0.2, -0.15) is 13.2 Å². The van der Waals surface area contributed by atoms with Crippen LogP contribution in [0.1, 0.15) is 5.56 Å². The molecule has 0 unspecified atom stereocenters. The van der Waals surface area contributed by atoms with E-state index >= 15 is 0 Å². The minimum absolute atomic E-state index is 0.0352. The molecule has 2 rings (SSSR count). The Kier molecular flexibility index (Phi) is 3.82. The third-order valence-electron chi connectivity index (χ3n) is 2.58. The number of halogens is 3. The zero-order chi connectivity index (χ0) is 15.7. The SMILES string of the molecule is O=S(=O)(Nc1cccc(O)c1)c1ccccc1C(F)(F)F. The third kappa shape index (κ3) is 3.46. The first-order valence-corrected chi connectivity index (χ1v) is 7.16. The summed E-state index contributed by atoms with van der Waals surface area (Å²) >= 11 is 0. The van der Waals surface area contributed by atoms with E-state index in [9.17, 15) is 26.7 Å². The summed E-state index contributed by atoms with van der Waals surface area (Å²) in [5.74, 6) is -0.209. The topological polar surface area (TPSA) is 66.4 Å². The molecular weight excluding hydrogens is 307 g/mol. The van der Waals surface area contributed by atoms with Crippen molar-refractivity contribution in [3.05, 3.63) is 54.1 Å². The first-order valence-electron chi connectivity index (χ1n) is 5.68. The molecule has 0 amide bonds. The van der Waals surface area contributed by atoms with E-state index in [0.29, 0.717) is 6.07 Å². The summed E-state index contributed by atoms with van der Waals surface area (Å²) in [7, 11) is -4.42. The Balaban J connectivity index is 2.46. The van der Waals surface area contributed by atoms with Crippen molar-refractivity contribution in [2.75, 3.05) is 4.72 Å². The van der Waals surface area contributed by atoms with Gasteiger partial charge in [-0.3, -0.25) is 4.72 Å². The van der Waals surface area contributed by atoms with Gasteiger partial charge >= 0.3 is 6.18 Å². The van der Waals surface area contributed by atoms with Crippen molar-refractivity contribution in [1.82, 2.24) is 0 Å². The van der Waals surface area contributed by atoms with Crippen LogP contribution in [0.15, 0.2) is 53.4 Å². The Morgan fingerprint density at radius 3 is 2.29 bits per heavy atom. The molecule has 0 bridgehead atoms. The van der Waals surface area contributed by atoms with Crippen molar-refractivity contribution >= 4 is 15.7 Å². The van der Waals surface area contributed by atoms with Crippen LogP contribution < -0.4 is 4.72 Å². The molecular formula is C13H10F3NO3S. The Morgan fingerprint density at radius 2 is 1.67 bits per heavy atom. The van der Waals surface area contributed by atoms with Gasteiger partial charge in [-0.1, -0.05) is 18.2 Å². The maximum Gasteiger partial charge on any atom is 0.417 e. The zero-order valence-electron chi connectivity index (χ0n) is 10.4. The fourth-order valence-electron chi connectivity index (χ4n) is 1.71. The second kappa shape index (κ2) is 5.28. The average molecular weight is 317 g/mol. The fourth-order valence-corrected chi connectivity index (χ4v) is 2.99. The minimum atomic E-state index is -4.79. The molecule has 0 atom stereocenters. The number of aromatic hydroxyl groups is 1. The Labute approximate surface area is 118 Å². The molecule has 0 aliphatic rings. The van der Waals surface area contributed by atoms with Gasteiger partial charge in [0.2, 0.25) is 0 Å². The summed E-state index contributed by atoms with van der Waals surface area (Å²) in [6, 6.07) is 8.94. The predicted octanol–water partition coefficient (Wildman–Crippen LogP) is 3.21. The second-order valence-electron chi connectivity index (χ2n) is 4.15. The van der Waals surface area contributed by atoms with E-state index in [0.717, 1.165) is 18.2 Å². The van der Waals surface area contributed by atoms with Crippen molar-refractivity contribution in [2.45, 2.75) is 11.1 Å². The van der Waals surface area contributed by atoms with Gasteiger partial charge in [0.15, 0.2) is 0 Å². The third-order valence-corrected chi connectivity index (χ3v) is 4.02. The van der Waals surface area contributed by atoms with Gasteiger partial charge in [-0.05, 0) is 24.3 Å². The van der Waals surface area contributed by atoms with Crippen LogP contribution in [0.3, 0.4) is 0 Å². The van der Waals surface area contributed by atoms with Crippen molar-refractivity contribution < 1.29 is 26.7 Å². The molecule has 2 aromatic carbocycles. The molecule has 2 N–H and O–H groups in total. The molecule has 0 saturated carbocycles. The van der Waals surface area contributed by atoms with E-state index in [1.165, 1.54) is 24.3 Å². The molecule has 0 aliphatic carbocycles. The molecule has 0 aliphatic heterocycles. The standard InChI is InChI=1S/C13H10F3NO3S/c14-13(15,16)11-6-1-2-7-12(11)21(19,20)17-9-4-3-5-10(18)8-9/h1-8,17-18H. The normalized spacial score (nSPS) is 12.1. The maximum atomic E-state index is 12.8. The van der Waals surface area contributed by atoms with Gasteiger partial charge in [0, 0.05) is 6.07 Å². The highest BCUT2D eigenvalue weighted by Gasteiger charge is 2.36. The van der Waals surface area contributed by atoms with Crippen LogP contribution in [0.4, 0.5) is 18.9 Å². The first-order chi connectivity index (χ1) is 9.70. The smallest absolute Gasteiger partial charge is 0.417 e. The lowest BCUT2D eigenvalue weighted by atomic mass is 10.2. The molecule has 2 aromatic rings. The van der Waals surface area contributed by atoms with Crippen molar-refractivity contribution in [2.24, 2.45) is 0 Å². The van der Waals surface area contributed by atoms with E-state index in [2.05, 4.69) is 0 Å². The number of phenols is 1. The second-order valence-corrected chi connectivity index (χ2v) is 5.80. The largest absolute Gasteiger partial charge is 0.508 e. The molecule has 0 radical (unpaired) electrons. The van der Waals surface area contributed by atoms with Gasteiger partial charge in [0.1, 0.15) is 5.75 Å². The number of anilines is 1. The summed E-state index contributed by atoms with van der Waals surface area (Å²) in [5, 5.41) is 9.25. The van der Waals surface area contributed by atoms with Crippen LogP contribution in [-0.4, -0.2) is 13.5 Å². The molecule has 0 fully saturated rings. The molecule has 4 nitrogen and oxygen atoms in total. The average Bonchev–Trinajstić information content (AvgIpc) is 2.37. The van der Waals surface area contributed by atoms with E-state index in [-0.39, 0.29) is 11.4 Å². The van der Waals surface area contributed by atoms with Crippen LogP contribution >= 0.6 is 0 Å². The molecule has 0 aromatic heterocycles. The molecule has 0 spiro atoms. The summed E-state index contributed by atoms with van der Waals surface area (Å²) < 4.78 is 64.7. The lowest BCUT2D eigenvalue weighted by Gasteiger charge is -2.14. The van der Waals surface area contributed by atoms with Crippen LogP contribution in [-0.2, 0) is 16.2 Å². The number of benzene rings is 2. The number of hydrogen-bond donors (Lipinski definition) is 2. The number of nitrogens with one attached hydrogen (secondary N) is 1. The summed E-state index contributed by atoms with van der Waals surface area (Å²) in [6.07, 6.45) is -4.79. The quantitative estimate of drug-likeness (QED) is 0.913. The highest BCUT2D eigenvalue weighted by atomic mass is 32.2. The van der Waals surface area contributed by atoms with Crippen LogP contribution in [0.25, 0.3) is 0 Å². The highest BCUT2D eigenvalue weighted by Crippen LogP contribution is 2.34. The Bertz CT molecular complexity index is 757. The number of alkyl halides is 3. The lowest BCUT2D eigenvalue weighted by molar-refractivity contribution is -0.139. The lowest BCUT2D eigenvalue weighted by Crippen LogP contribution is -2.18. The zero-order valence-corrected chi connectivity index (χ0v) is 11.2. The van der Waals surface area contributed by atoms with E-state index in [1.54, 1.807) is 0 Å². The summed E-state index contributed by atoms with van der Waals surface area (Å²) in [4.78, 5) is -0.874. The molecule has 0 saturated heterocycles. The van der Waals surface area contributed by atoms with E-state index < -0.39 is 26.7 Å². The first kappa shape index (κ1) is 15.2.